The first-order chi connectivity index (χ1) is 9.63. The first-order valence-corrected chi connectivity index (χ1v) is 8.62. The Bertz CT molecular complexity index is 646. The van der Waals surface area contributed by atoms with Crippen LogP contribution in [0.3, 0.4) is 0 Å². The summed E-state index contributed by atoms with van der Waals surface area (Å²) in [4.78, 5) is 18.6. The fourth-order valence-electron chi connectivity index (χ4n) is 2.11. The van der Waals surface area contributed by atoms with Crippen LogP contribution < -0.4 is 5.32 Å². The standard InChI is InChI=1S/C14H13ClN2OS2/c1-8-10(2-3-13(15)16-8)17-14(18)12-6-9-7-19-5-4-11(9)20-12/h2-3,6H,4-5,7H2,1H3,(H,17,18). The molecule has 0 spiro atoms. The minimum Gasteiger partial charge on any atom is -0.320 e. The number of aromatic nitrogens is 1. The quantitative estimate of drug-likeness (QED) is 0.844. The minimum absolute atomic E-state index is 0.0679. The molecule has 6 heteroatoms. The maximum Gasteiger partial charge on any atom is 0.265 e. The number of aryl methyl sites for hydroxylation is 2. The van der Waals surface area contributed by atoms with E-state index in [-0.39, 0.29) is 5.91 Å². The lowest BCUT2D eigenvalue weighted by molar-refractivity contribution is 0.103. The normalized spacial score (nSPS) is 13.9. The first kappa shape index (κ1) is 13.9. The lowest BCUT2D eigenvalue weighted by atomic mass is 10.2. The number of carbonyl (C=O) groups is 1. The Morgan fingerprint density at radius 2 is 2.30 bits per heavy atom. The fraction of sp³-hybridized carbons (Fsp3) is 0.286. The number of amides is 1. The summed E-state index contributed by atoms with van der Waals surface area (Å²) >= 11 is 9.34. The van der Waals surface area contributed by atoms with Gasteiger partial charge in [-0.3, -0.25) is 4.79 Å². The van der Waals surface area contributed by atoms with Crippen LogP contribution in [-0.2, 0) is 12.2 Å². The minimum atomic E-state index is -0.0679. The van der Waals surface area contributed by atoms with Crippen LogP contribution in [0.4, 0.5) is 5.69 Å². The molecule has 20 heavy (non-hydrogen) atoms. The number of thioether (sulfide) groups is 1. The number of hydrogen-bond donors (Lipinski definition) is 1. The molecule has 104 valence electrons. The molecule has 3 heterocycles. The molecule has 1 aliphatic heterocycles. The van der Waals surface area contributed by atoms with Gasteiger partial charge in [-0.15, -0.1) is 11.3 Å². The number of rotatable bonds is 2. The average molecular weight is 325 g/mol. The molecule has 0 radical (unpaired) electrons. The maximum atomic E-state index is 12.3. The predicted octanol–water partition coefficient (Wildman–Crippen LogP) is 4.15. The van der Waals surface area contributed by atoms with Crippen molar-refractivity contribution in [3.63, 3.8) is 0 Å². The molecule has 1 aliphatic rings. The largest absolute Gasteiger partial charge is 0.320 e. The van der Waals surface area contributed by atoms with Crippen molar-refractivity contribution >= 4 is 46.3 Å². The summed E-state index contributed by atoms with van der Waals surface area (Å²) in [6, 6.07) is 5.48. The monoisotopic (exact) mass is 324 g/mol. The molecule has 0 fully saturated rings. The summed E-state index contributed by atoms with van der Waals surface area (Å²) in [5.74, 6) is 2.09. The second-order valence-corrected chi connectivity index (χ2v) is 7.21. The van der Waals surface area contributed by atoms with Gasteiger partial charge in [0.05, 0.1) is 16.3 Å². The second kappa shape index (κ2) is 5.76. The third kappa shape index (κ3) is 2.85. The van der Waals surface area contributed by atoms with E-state index in [1.54, 1.807) is 23.5 Å². The summed E-state index contributed by atoms with van der Waals surface area (Å²) in [5.41, 5.74) is 2.74. The highest BCUT2D eigenvalue weighted by atomic mass is 35.5. The number of nitrogens with one attached hydrogen (secondary N) is 1. The van der Waals surface area contributed by atoms with Gasteiger partial charge < -0.3 is 5.32 Å². The van der Waals surface area contributed by atoms with Crippen LogP contribution in [0, 0.1) is 6.92 Å². The van der Waals surface area contributed by atoms with Crippen molar-refractivity contribution in [1.29, 1.82) is 0 Å². The van der Waals surface area contributed by atoms with Gasteiger partial charge in [0.1, 0.15) is 5.15 Å². The zero-order chi connectivity index (χ0) is 14.1. The van der Waals surface area contributed by atoms with Gasteiger partial charge in [0.15, 0.2) is 0 Å². The smallest absolute Gasteiger partial charge is 0.265 e. The van der Waals surface area contributed by atoms with Crippen LogP contribution in [-0.4, -0.2) is 16.6 Å². The Balaban J connectivity index is 1.80. The van der Waals surface area contributed by atoms with Crippen molar-refractivity contribution in [3.8, 4) is 0 Å². The average Bonchev–Trinajstić information content (AvgIpc) is 2.86. The van der Waals surface area contributed by atoms with Crippen molar-refractivity contribution in [2.24, 2.45) is 0 Å². The molecular weight excluding hydrogens is 312 g/mol. The maximum absolute atomic E-state index is 12.3. The molecule has 3 nitrogen and oxygen atoms in total. The van der Waals surface area contributed by atoms with Crippen molar-refractivity contribution in [1.82, 2.24) is 4.98 Å². The Morgan fingerprint density at radius 1 is 1.45 bits per heavy atom. The Labute approximate surface area is 130 Å². The number of fused-ring (bicyclic) bond motifs is 1. The molecular formula is C14H13ClN2OS2. The van der Waals surface area contributed by atoms with Gasteiger partial charge in [0, 0.05) is 10.6 Å². The number of halogens is 1. The zero-order valence-corrected chi connectivity index (χ0v) is 13.3. The molecule has 0 saturated heterocycles. The summed E-state index contributed by atoms with van der Waals surface area (Å²) in [6.07, 6.45) is 1.07. The lowest BCUT2D eigenvalue weighted by Gasteiger charge is -2.08. The fourth-order valence-corrected chi connectivity index (χ4v) is 4.56. The highest BCUT2D eigenvalue weighted by molar-refractivity contribution is 7.98. The van der Waals surface area contributed by atoms with E-state index in [0.29, 0.717) is 10.8 Å². The molecule has 0 unspecified atom stereocenters. The van der Waals surface area contributed by atoms with Crippen LogP contribution in [0.15, 0.2) is 18.2 Å². The molecule has 0 aromatic carbocycles. The van der Waals surface area contributed by atoms with Crippen LogP contribution >= 0.6 is 34.7 Å². The van der Waals surface area contributed by atoms with E-state index in [2.05, 4.69) is 10.3 Å². The molecule has 1 amide bonds. The van der Waals surface area contributed by atoms with Gasteiger partial charge in [-0.25, -0.2) is 4.98 Å². The molecule has 2 aromatic heterocycles. The Hall–Kier alpha value is -1.04. The molecule has 0 bridgehead atoms. The Morgan fingerprint density at radius 3 is 3.05 bits per heavy atom. The third-order valence-corrected chi connectivity index (χ3v) is 5.61. The summed E-state index contributed by atoms with van der Waals surface area (Å²) in [5, 5.41) is 3.34. The lowest BCUT2D eigenvalue weighted by Crippen LogP contribution is -2.11. The van der Waals surface area contributed by atoms with Crippen LogP contribution in [0.1, 0.15) is 25.8 Å². The van der Waals surface area contributed by atoms with Gasteiger partial charge >= 0.3 is 0 Å². The highest BCUT2D eigenvalue weighted by Gasteiger charge is 2.18. The first-order valence-electron chi connectivity index (χ1n) is 6.27. The van der Waals surface area contributed by atoms with Crippen molar-refractivity contribution in [3.05, 3.63) is 44.4 Å². The van der Waals surface area contributed by atoms with E-state index in [1.807, 2.05) is 24.8 Å². The summed E-state index contributed by atoms with van der Waals surface area (Å²) < 4.78 is 0. The van der Waals surface area contributed by atoms with Gasteiger partial charge in [0.25, 0.3) is 5.91 Å². The second-order valence-electron chi connectivity index (χ2n) is 4.58. The van der Waals surface area contributed by atoms with Crippen LogP contribution in [0.5, 0.6) is 0 Å². The summed E-state index contributed by atoms with van der Waals surface area (Å²) in [6.45, 7) is 1.83. The predicted molar refractivity (Wildman–Crippen MR) is 86.1 cm³/mol. The van der Waals surface area contributed by atoms with Crippen molar-refractivity contribution < 1.29 is 4.79 Å². The highest BCUT2D eigenvalue weighted by Crippen LogP contribution is 2.32. The number of nitrogens with zero attached hydrogens (tertiary/aromatic N) is 1. The number of carbonyl (C=O) groups excluding carboxylic acids is 1. The SMILES string of the molecule is Cc1nc(Cl)ccc1NC(=O)c1cc2c(s1)CCSC2. The molecule has 3 rings (SSSR count). The van der Waals surface area contributed by atoms with Gasteiger partial charge in [-0.05, 0) is 42.9 Å². The molecule has 0 saturated carbocycles. The van der Waals surface area contributed by atoms with Crippen LogP contribution in [0.2, 0.25) is 5.15 Å². The van der Waals surface area contributed by atoms with Gasteiger partial charge in [-0.2, -0.15) is 11.8 Å². The summed E-state index contributed by atoms with van der Waals surface area (Å²) in [7, 11) is 0. The Kier molecular flexibility index (Phi) is 4.01. The molecule has 0 atom stereocenters. The van der Waals surface area contributed by atoms with Crippen molar-refractivity contribution in [2.45, 2.75) is 19.1 Å². The van der Waals surface area contributed by atoms with E-state index in [0.717, 1.165) is 28.5 Å². The van der Waals surface area contributed by atoms with Crippen molar-refractivity contribution in [2.75, 3.05) is 11.1 Å². The number of hydrogen-bond acceptors (Lipinski definition) is 4. The number of anilines is 1. The van der Waals surface area contributed by atoms with E-state index in [1.165, 1.54) is 10.4 Å². The van der Waals surface area contributed by atoms with E-state index in [4.69, 9.17) is 11.6 Å². The number of pyridine rings is 1. The van der Waals surface area contributed by atoms with E-state index < -0.39 is 0 Å². The van der Waals surface area contributed by atoms with Crippen LogP contribution in [0.25, 0.3) is 0 Å². The van der Waals surface area contributed by atoms with Gasteiger partial charge in [-0.1, -0.05) is 11.6 Å². The topological polar surface area (TPSA) is 42.0 Å². The molecule has 0 aliphatic carbocycles. The third-order valence-electron chi connectivity index (χ3n) is 3.15. The van der Waals surface area contributed by atoms with E-state index in [9.17, 15) is 4.79 Å². The van der Waals surface area contributed by atoms with E-state index >= 15 is 0 Å². The molecule has 2 aromatic rings. The zero-order valence-electron chi connectivity index (χ0n) is 10.9. The van der Waals surface area contributed by atoms with Gasteiger partial charge in [0.2, 0.25) is 0 Å². The number of thiophene rings is 1. The molecule has 1 N–H and O–H groups in total.